The van der Waals surface area contributed by atoms with E-state index >= 15 is 0 Å². The zero-order chi connectivity index (χ0) is 18.7. The first-order chi connectivity index (χ1) is 12.4. The lowest BCUT2D eigenvalue weighted by Gasteiger charge is -2.42. The van der Waals surface area contributed by atoms with E-state index < -0.39 is 23.7 Å². The number of aliphatic imine (C=N–C) groups is 1. The van der Waals surface area contributed by atoms with Crippen LogP contribution in [0.3, 0.4) is 0 Å². The van der Waals surface area contributed by atoms with Crippen LogP contribution < -0.4 is 16.8 Å². The molecule has 1 aromatic rings. The Kier molecular flexibility index (Phi) is 5.48. The van der Waals surface area contributed by atoms with Crippen LogP contribution in [0.2, 0.25) is 5.02 Å². The molecule has 1 aromatic carbocycles. The van der Waals surface area contributed by atoms with Gasteiger partial charge in [0.2, 0.25) is 11.7 Å². The number of nitrogens with one attached hydrogen (secondary N) is 1. The molecule has 5 N–H and O–H groups in total. The average molecular weight is 379 g/mol. The van der Waals surface area contributed by atoms with Gasteiger partial charge in [-0.25, -0.2) is 9.79 Å². The molecule has 3 atom stereocenters. The van der Waals surface area contributed by atoms with Gasteiger partial charge in [-0.15, -0.1) is 0 Å². The molecule has 8 heteroatoms. The minimum absolute atomic E-state index is 0.0526. The van der Waals surface area contributed by atoms with Crippen molar-refractivity contribution in [2.24, 2.45) is 16.5 Å². The van der Waals surface area contributed by atoms with Gasteiger partial charge in [0.15, 0.2) is 11.6 Å². The number of Topliss-reactive ketones (excluding diaryl/α,β-unsaturated/α-hetero) is 1. The number of carbonyl (C=O) groups is 2. The van der Waals surface area contributed by atoms with Crippen molar-refractivity contribution in [1.82, 2.24) is 5.32 Å². The van der Waals surface area contributed by atoms with E-state index in [1.165, 1.54) is 0 Å². The number of amides is 2. The van der Waals surface area contributed by atoms with Crippen molar-refractivity contribution >= 4 is 29.3 Å². The molecule has 1 aliphatic heterocycles. The van der Waals surface area contributed by atoms with Gasteiger partial charge in [0.05, 0.1) is 6.04 Å². The highest BCUT2D eigenvalue weighted by Gasteiger charge is 2.52. The molecule has 0 spiro atoms. The summed E-state index contributed by atoms with van der Waals surface area (Å²) in [4.78, 5) is 28.4. The molecule has 7 nitrogen and oxygen atoms in total. The number of rotatable bonds is 6. The number of urea groups is 1. The molecule has 3 rings (SSSR count). The maximum Gasteiger partial charge on any atom is 0.312 e. The van der Waals surface area contributed by atoms with Crippen molar-refractivity contribution in [2.45, 2.75) is 49.8 Å². The second-order valence-electron chi connectivity index (χ2n) is 6.69. The highest BCUT2D eigenvalue weighted by Crippen LogP contribution is 2.44. The van der Waals surface area contributed by atoms with Crippen LogP contribution in [0.15, 0.2) is 29.3 Å². The fourth-order valence-corrected chi connectivity index (χ4v) is 3.89. The number of hydrogen-bond acceptors (Lipinski definition) is 5. The maximum atomic E-state index is 13.0. The largest absolute Gasteiger partial charge is 0.468 e. The zero-order valence-electron chi connectivity index (χ0n) is 14.4. The van der Waals surface area contributed by atoms with Crippen molar-refractivity contribution in [1.29, 1.82) is 0 Å². The predicted octanol–water partition coefficient (Wildman–Crippen LogP) is 1.86. The minimum atomic E-state index is -1.02. The molecule has 1 heterocycles. The summed E-state index contributed by atoms with van der Waals surface area (Å²) in [5, 5.41) is 3.04. The van der Waals surface area contributed by atoms with E-state index in [9.17, 15) is 9.59 Å². The molecule has 2 unspecified atom stereocenters. The Morgan fingerprint density at radius 2 is 2.23 bits per heavy atom. The molecule has 0 saturated heterocycles. The van der Waals surface area contributed by atoms with Gasteiger partial charge in [-0.2, -0.15) is 0 Å². The Morgan fingerprint density at radius 1 is 1.46 bits per heavy atom. The standard InChI is InChI=1S/C18H23ClN4O3/c19-12-6-2-1-5-11(12)18-9-3-8-14(15(18)24)26-16(23-18)13(20)7-4-10-22-17(21)25/h1-2,5-6,13-14H,3-4,7-10,20H2,(H3,21,22,25)/t13?,14-,18?/m1/s1. The number of ether oxygens (including phenoxy) is 1. The van der Waals surface area contributed by atoms with Crippen molar-refractivity contribution in [3.05, 3.63) is 34.9 Å². The molecule has 0 aromatic heterocycles. The summed E-state index contributed by atoms with van der Waals surface area (Å²) in [6.07, 6.45) is 2.72. The van der Waals surface area contributed by atoms with Crippen LogP contribution in [0.25, 0.3) is 0 Å². The lowest BCUT2D eigenvalue weighted by Crippen LogP contribution is -2.54. The third kappa shape index (κ3) is 3.54. The van der Waals surface area contributed by atoms with E-state index in [0.717, 1.165) is 6.42 Å². The van der Waals surface area contributed by atoms with Crippen molar-refractivity contribution in [3.8, 4) is 0 Å². The lowest BCUT2D eigenvalue weighted by molar-refractivity contribution is -0.137. The monoisotopic (exact) mass is 378 g/mol. The van der Waals surface area contributed by atoms with E-state index in [0.29, 0.717) is 48.7 Å². The van der Waals surface area contributed by atoms with Crippen LogP contribution >= 0.6 is 11.6 Å². The first-order valence-corrected chi connectivity index (χ1v) is 9.16. The molecule has 26 heavy (non-hydrogen) atoms. The number of primary amides is 1. The van der Waals surface area contributed by atoms with Crippen LogP contribution in [-0.4, -0.2) is 36.4 Å². The number of hydrogen-bond donors (Lipinski definition) is 3. The third-order valence-electron chi connectivity index (χ3n) is 4.90. The normalized spacial score (nSPS) is 25.8. The van der Waals surface area contributed by atoms with Crippen LogP contribution in [0.1, 0.15) is 37.7 Å². The van der Waals surface area contributed by atoms with E-state index in [4.69, 9.17) is 27.8 Å². The molecule has 2 amide bonds. The van der Waals surface area contributed by atoms with E-state index in [1.807, 2.05) is 18.2 Å². The van der Waals surface area contributed by atoms with E-state index in [-0.39, 0.29) is 5.78 Å². The van der Waals surface area contributed by atoms with Gasteiger partial charge in [0.25, 0.3) is 0 Å². The summed E-state index contributed by atoms with van der Waals surface area (Å²) in [7, 11) is 0. The number of ketones is 1. The van der Waals surface area contributed by atoms with Gasteiger partial charge >= 0.3 is 6.03 Å². The number of carbonyl (C=O) groups excluding carboxylic acids is 2. The molecule has 0 radical (unpaired) electrons. The number of nitrogens with zero attached hydrogens (tertiary/aromatic N) is 1. The minimum Gasteiger partial charge on any atom is -0.468 e. The molecule has 2 bridgehead atoms. The van der Waals surface area contributed by atoms with Crippen LogP contribution in [0.5, 0.6) is 0 Å². The summed E-state index contributed by atoms with van der Waals surface area (Å²) in [6, 6.07) is 6.27. The van der Waals surface area contributed by atoms with Crippen LogP contribution in [-0.2, 0) is 15.1 Å². The van der Waals surface area contributed by atoms with Crippen LogP contribution in [0, 0.1) is 0 Å². The molecule has 1 fully saturated rings. The highest BCUT2D eigenvalue weighted by molar-refractivity contribution is 6.32. The lowest BCUT2D eigenvalue weighted by atomic mass is 9.73. The smallest absolute Gasteiger partial charge is 0.312 e. The Balaban J connectivity index is 1.85. The molecule has 1 saturated carbocycles. The number of benzene rings is 1. The third-order valence-corrected chi connectivity index (χ3v) is 5.23. The van der Waals surface area contributed by atoms with E-state index in [1.54, 1.807) is 6.07 Å². The summed E-state index contributed by atoms with van der Waals surface area (Å²) in [6.45, 7) is 0.425. The number of halogens is 1. The Labute approximate surface area is 157 Å². The molecular formula is C18H23ClN4O3. The topological polar surface area (TPSA) is 120 Å². The second-order valence-corrected chi connectivity index (χ2v) is 7.10. The summed E-state index contributed by atoms with van der Waals surface area (Å²) >= 11 is 6.38. The molecule has 140 valence electrons. The van der Waals surface area contributed by atoms with Gasteiger partial charge in [-0.05, 0) is 38.2 Å². The van der Waals surface area contributed by atoms with Gasteiger partial charge < -0.3 is 21.5 Å². The maximum absolute atomic E-state index is 13.0. The molecule has 1 aliphatic carbocycles. The van der Waals surface area contributed by atoms with Gasteiger partial charge in [-0.1, -0.05) is 29.8 Å². The molecular weight excluding hydrogens is 356 g/mol. The first-order valence-electron chi connectivity index (χ1n) is 8.78. The summed E-state index contributed by atoms with van der Waals surface area (Å²) in [5.41, 5.74) is 11.0. The quantitative estimate of drug-likeness (QED) is 0.654. The number of fused-ring (bicyclic) bond motifs is 2. The number of nitrogens with two attached hydrogens (primary N) is 2. The SMILES string of the molecule is NC(=O)NCCCC(N)C1=NC2(c3ccccc3Cl)CCC[C@@H](O1)C2=O. The zero-order valence-corrected chi connectivity index (χ0v) is 15.2. The average Bonchev–Trinajstić information content (AvgIpc) is 2.59. The summed E-state index contributed by atoms with van der Waals surface area (Å²) in [5.74, 6) is 0.330. The highest BCUT2D eigenvalue weighted by atomic mass is 35.5. The van der Waals surface area contributed by atoms with E-state index in [2.05, 4.69) is 10.3 Å². The van der Waals surface area contributed by atoms with Gasteiger partial charge in [0.1, 0.15) is 0 Å². The van der Waals surface area contributed by atoms with Crippen molar-refractivity contribution in [2.75, 3.05) is 6.54 Å². The first kappa shape index (κ1) is 18.7. The fraction of sp³-hybridized carbons (Fsp3) is 0.500. The Morgan fingerprint density at radius 3 is 2.96 bits per heavy atom. The Bertz CT molecular complexity index is 739. The second kappa shape index (κ2) is 7.63. The predicted molar refractivity (Wildman–Crippen MR) is 99.1 cm³/mol. The Hall–Kier alpha value is -2.12. The summed E-state index contributed by atoms with van der Waals surface area (Å²) < 4.78 is 5.82. The molecule has 2 aliphatic rings. The van der Waals surface area contributed by atoms with Crippen molar-refractivity contribution < 1.29 is 14.3 Å². The van der Waals surface area contributed by atoms with Gasteiger partial charge in [0, 0.05) is 17.1 Å². The van der Waals surface area contributed by atoms with Gasteiger partial charge in [-0.3, -0.25) is 4.79 Å². The fourth-order valence-electron chi connectivity index (χ4n) is 3.60. The van der Waals surface area contributed by atoms with Crippen molar-refractivity contribution in [3.63, 3.8) is 0 Å². The van der Waals surface area contributed by atoms with Crippen LogP contribution in [0.4, 0.5) is 4.79 Å².